The Kier molecular flexibility index (Phi) is 79.7. The number of rotatable bonds is 1. The van der Waals surface area contributed by atoms with E-state index >= 15 is 0 Å². The third-order valence-corrected chi connectivity index (χ3v) is 0.167. The largest absolute Gasteiger partial charge is 0.331 e. The number of hydrogen-bond acceptors (Lipinski definition) is 3. The predicted octanol–water partition coefficient (Wildman–Crippen LogP) is -0.105. The van der Waals surface area contributed by atoms with Crippen LogP contribution in [0, 0.1) is 0 Å². The Morgan fingerprint density at radius 2 is 1.00 bits per heavy atom. The zero-order valence-corrected chi connectivity index (χ0v) is 6.85. The highest BCUT2D eigenvalue weighted by atomic mass is 14.6. The summed E-state index contributed by atoms with van der Waals surface area (Å²) in [5.41, 5.74) is 14.7. The minimum Gasteiger partial charge on any atom is -0.331 e. The van der Waals surface area contributed by atoms with Gasteiger partial charge in [0.1, 0.15) is 0 Å². The Morgan fingerprint density at radius 1 is 0.889 bits per heavy atom. The van der Waals surface area contributed by atoms with Crippen molar-refractivity contribution in [2.45, 2.75) is 20.8 Å². The lowest BCUT2D eigenvalue weighted by Crippen LogP contribution is -2.11. The van der Waals surface area contributed by atoms with E-state index in [9.17, 15) is 0 Å². The summed E-state index contributed by atoms with van der Waals surface area (Å²) in [5, 5.41) is 0. The Balaban J connectivity index is -0.0000000646. The average Bonchev–Trinajstić information content (AvgIpc) is 1.94. The van der Waals surface area contributed by atoms with Gasteiger partial charge in [-0.15, -0.1) is 0 Å². The van der Waals surface area contributed by atoms with E-state index in [0.717, 1.165) is 6.54 Å². The standard InChI is InChI=1S/C2H8N2.C2H7N.C2H6/c3-1-2-4;1-2-3;1-2/h1-4H2;2-3H2,1H3;1-2H3. The molecule has 9 heavy (non-hydrogen) atoms. The molecule has 0 bridgehead atoms. The molecule has 0 unspecified atom stereocenters. The van der Waals surface area contributed by atoms with Crippen LogP contribution in [0.2, 0.25) is 0 Å². The second-order valence-corrected chi connectivity index (χ2v) is 0.986. The minimum atomic E-state index is 0.597. The summed E-state index contributed by atoms with van der Waals surface area (Å²) in [6, 6.07) is 0. The molecular formula is C6H21N3. The van der Waals surface area contributed by atoms with E-state index in [0.29, 0.717) is 13.1 Å². The Bertz CT molecular complexity index is 15.8. The summed E-state index contributed by atoms with van der Waals surface area (Å²) in [5.74, 6) is 0. The van der Waals surface area contributed by atoms with Crippen molar-refractivity contribution in [2.75, 3.05) is 19.6 Å². The van der Waals surface area contributed by atoms with Crippen LogP contribution in [0.1, 0.15) is 20.8 Å². The molecule has 60 valence electrons. The highest BCUT2D eigenvalue weighted by Crippen LogP contribution is 1.24. The number of nitrogens with two attached hydrogens (primary N) is 3. The second kappa shape index (κ2) is 45.0. The van der Waals surface area contributed by atoms with Crippen molar-refractivity contribution in [1.29, 1.82) is 0 Å². The van der Waals surface area contributed by atoms with Gasteiger partial charge in [0.05, 0.1) is 0 Å². The fourth-order valence-electron chi connectivity index (χ4n) is 0. The van der Waals surface area contributed by atoms with E-state index < -0.39 is 0 Å². The molecule has 0 aliphatic rings. The van der Waals surface area contributed by atoms with Crippen molar-refractivity contribution in [3.05, 3.63) is 0 Å². The molecule has 0 atom stereocenters. The van der Waals surface area contributed by atoms with Gasteiger partial charge in [-0.25, -0.2) is 0 Å². The van der Waals surface area contributed by atoms with Gasteiger partial charge >= 0.3 is 0 Å². The minimum absolute atomic E-state index is 0.597. The first-order chi connectivity index (χ1) is 4.33. The fourth-order valence-corrected chi connectivity index (χ4v) is 0. The topological polar surface area (TPSA) is 78.1 Å². The van der Waals surface area contributed by atoms with Crippen LogP contribution >= 0.6 is 0 Å². The lowest BCUT2D eigenvalue weighted by Gasteiger charge is -1.72. The van der Waals surface area contributed by atoms with Gasteiger partial charge in [-0.05, 0) is 6.54 Å². The van der Waals surface area contributed by atoms with E-state index in [1.807, 2.05) is 20.8 Å². The van der Waals surface area contributed by atoms with Crippen LogP contribution < -0.4 is 17.2 Å². The van der Waals surface area contributed by atoms with Gasteiger partial charge in [-0.1, -0.05) is 20.8 Å². The van der Waals surface area contributed by atoms with E-state index in [1.54, 1.807) is 0 Å². The van der Waals surface area contributed by atoms with Crippen LogP contribution in [0.15, 0.2) is 0 Å². The maximum atomic E-state index is 4.90. The van der Waals surface area contributed by atoms with Crippen molar-refractivity contribution < 1.29 is 0 Å². The van der Waals surface area contributed by atoms with Gasteiger partial charge in [0.15, 0.2) is 0 Å². The van der Waals surface area contributed by atoms with Crippen molar-refractivity contribution in [1.82, 2.24) is 0 Å². The van der Waals surface area contributed by atoms with Gasteiger partial charge in [-0.2, -0.15) is 0 Å². The quantitative estimate of drug-likeness (QED) is 0.469. The average molecular weight is 135 g/mol. The molecule has 3 nitrogen and oxygen atoms in total. The molecule has 0 amide bonds. The molecule has 0 rings (SSSR count). The molecule has 3 heteroatoms. The van der Waals surface area contributed by atoms with E-state index in [-0.39, 0.29) is 0 Å². The smallest absolute Gasteiger partial charge is 0.00461 e. The SMILES string of the molecule is CC.CCN.NCCN. The molecular weight excluding hydrogens is 114 g/mol. The summed E-state index contributed by atoms with van der Waals surface area (Å²) in [7, 11) is 0. The van der Waals surface area contributed by atoms with Crippen molar-refractivity contribution >= 4 is 0 Å². The molecule has 0 saturated heterocycles. The lowest BCUT2D eigenvalue weighted by molar-refractivity contribution is 0.976. The summed E-state index contributed by atoms with van der Waals surface area (Å²) in [6.45, 7) is 7.85. The highest BCUT2D eigenvalue weighted by Gasteiger charge is 1.54. The van der Waals surface area contributed by atoms with Crippen LogP contribution in [0.5, 0.6) is 0 Å². The van der Waals surface area contributed by atoms with Crippen molar-refractivity contribution in [2.24, 2.45) is 17.2 Å². The van der Waals surface area contributed by atoms with E-state index in [1.165, 1.54) is 0 Å². The third-order valence-electron chi connectivity index (χ3n) is 0.167. The van der Waals surface area contributed by atoms with Crippen LogP contribution in [0.25, 0.3) is 0 Å². The van der Waals surface area contributed by atoms with Gasteiger partial charge in [0.2, 0.25) is 0 Å². The molecule has 0 aliphatic carbocycles. The first-order valence-corrected chi connectivity index (χ1v) is 3.43. The predicted molar refractivity (Wildman–Crippen MR) is 44.2 cm³/mol. The van der Waals surface area contributed by atoms with Gasteiger partial charge in [0, 0.05) is 13.1 Å². The monoisotopic (exact) mass is 135 g/mol. The fraction of sp³-hybridized carbons (Fsp3) is 1.00. The Hall–Kier alpha value is -0.120. The van der Waals surface area contributed by atoms with Crippen LogP contribution in [0.4, 0.5) is 0 Å². The summed E-state index contributed by atoms with van der Waals surface area (Å²) in [4.78, 5) is 0. The molecule has 0 radical (unpaired) electrons. The molecule has 0 fully saturated rings. The molecule has 0 aromatic rings. The van der Waals surface area contributed by atoms with E-state index in [2.05, 4.69) is 0 Å². The first-order valence-electron chi connectivity index (χ1n) is 3.43. The zero-order valence-electron chi connectivity index (χ0n) is 6.85. The molecule has 0 heterocycles. The normalized spacial score (nSPS) is 6.00. The van der Waals surface area contributed by atoms with Gasteiger partial charge < -0.3 is 17.2 Å². The van der Waals surface area contributed by atoms with E-state index in [4.69, 9.17) is 17.2 Å². The molecule has 0 spiro atoms. The van der Waals surface area contributed by atoms with Crippen LogP contribution in [-0.2, 0) is 0 Å². The second-order valence-electron chi connectivity index (χ2n) is 0.986. The van der Waals surface area contributed by atoms with Crippen LogP contribution in [0.3, 0.4) is 0 Å². The molecule has 0 aromatic carbocycles. The maximum Gasteiger partial charge on any atom is 0.00461 e. The Morgan fingerprint density at radius 3 is 1.00 bits per heavy atom. The van der Waals surface area contributed by atoms with Crippen LogP contribution in [-0.4, -0.2) is 19.6 Å². The van der Waals surface area contributed by atoms with Crippen molar-refractivity contribution in [3.63, 3.8) is 0 Å². The molecule has 0 saturated carbocycles. The summed E-state index contributed by atoms with van der Waals surface area (Å²) >= 11 is 0. The molecule has 0 aliphatic heterocycles. The first kappa shape index (κ1) is 15.9. The number of hydrogen-bond donors (Lipinski definition) is 3. The molecule has 6 N–H and O–H groups in total. The summed E-state index contributed by atoms with van der Waals surface area (Å²) < 4.78 is 0. The van der Waals surface area contributed by atoms with Crippen molar-refractivity contribution in [3.8, 4) is 0 Å². The van der Waals surface area contributed by atoms with Gasteiger partial charge in [0.25, 0.3) is 0 Å². The van der Waals surface area contributed by atoms with Gasteiger partial charge in [-0.3, -0.25) is 0 Å². The lowest BCUT2D eigenvalue weighted by atomic mass is 10.7. The third kappa shape index (κ3) is 352. The summed E-state index contributed by atoms with van der Waals surface area (Å²) in [6.07, 6.45) is 0. The molecule has 0 aromatic heterocycles. The Labute approximate surface area is 58.6 Å². The highest BCUT2D eigenvalue weighted by molar-refractivity contribution is 4.26. The maximum absolute atomic E-state index is 4.90. The zero-order chi connectivity index (χ0) is 8.12.